The predicted molar refractivity (Wildman–Crippen MR) is 75.3 cm³/mol. The van der Waals surface area contributed by atoms with Gasteiger partial charge in [-0.15, -0.1) is 11.3 Å². The Morgan fingerprint density at radius 3 is 2.83 bits per heavy atom. The van der Waals surface area contributed by atoms with Crippen molar-refractivity contribution in [1.82, 2.24) is 14.9 Å². The highest BCUT2D eigenvalue weighted by Crippen LogP contribution is 2.31. The summed E-state index contributed by atoms with van der Waals surface area (Å²) in [5, 5.41) is 0.963. The van der Waals surface area contributed by atoms with Crippen LogP contribution < -0.4 is 10.5 Å². The minimum atomic E-state index is 0.270. The largest absolute Gasteiger partial charge is 0.476 e. The van der Waals surface area contributed by atoms with Gasteiger partial charge in [-0.2, -0.15) is 4.98 Å². The highest BCUT2D eigenvalue weighted by molar-refractivity contribution is 7.18. The van der Waals surface area contributed by atoms with Crippen LogP contribution in [0.1, 0.15) is 11.8 Å². The number of fused-ring (bicyclic) bond motifs is 1. The summed E-state index contributed by atoms with van der Waals surface area (Å²) >= 11 is 1.64. The molecule has 0 spiro atoms. The van der Waals surface area contributed by atoms with E-state index in [1.54, 1.807) is 11.3 Å². The molecule has 0 aliphatic carbocycles. The maximum atomic E-state index is 5.70. The third-order valence-electron chi connectivity index (χ3n) is 2.55. The Morgan fingerprint density at radius 2 is 2.17 bits per heavy atom. The van der Waals surface area contributed by atoms with Crippen LogP contribution in [0.4, 0.5) is 5.95 Å². The summed E-state index contributed by atoms with van der Waals surface area (Å²) < 4.78 is 5.70. The van der Waals surface area contributed by atoms with Crippen molar-refractivity contribution in [2.75, 3.05) is 33.0 Å². The van der Waals surface area contributed by atoms with Crippen LogP contribution in [-0.2, 0) is 6.42 Å². The van der Waals surface area contributed by atoms with Crippen LogP contribution in [0.3, 0.4) is 0 Å². The van der Waals surface area contributed by atoms with Gasteiger partial charge >= 0.3 is 0 Å². The van der Waals surface area contributed by atoms with Gasteiger partial charge in [-0.1, -0.05) is 6.92 Å². The van der Waals surface area contributed by atoms with Crippen LogP contribution in [0.25, 0.3) is 10.2 Å². The number of likely N-dealkylation sites (N-methyl/N-ethyl adjacent to an activating group) is 1. The van der Waals surface area contributed by atoms with E-state index in [-0.39, 0.29) is 5.95 Å². The zero-order chi connectivity index (χ0) is 13.1. The van der Waals surface area contributed by atoms with E-state index in [0.29, 0.717) is 12.5 Å². The van der Waals surface area contributed by atoms with E-state index in [1.807, 2.05) is 14.1 Å². The molecular weight excluding hydrogens is 248 g/mol. The summed E-state index contributed by atoms with van der Waals surface area (Å²) in [6, 6.07) is 2.09. The summed E-state index contributed by atoms with van der Waals surface area (Å²) in [5.41, 5.74) is 5.70. The van der Waals surface area contributed by atoms with Crippen molar-refractivity contribution in [3.05, 3.63) is 10.9 Å². The number of nitrogens with two attached hydrogens (primary N) is 1. The van der Waals surface area contributed by atoms with Gasteiger partial charge in [-0.05, 0) is 26.6 Å². The first kappa shape index (κ1) is 13.0. The molecule has 6 heteroatoms. The number of hydrogen-bond acceptors (Lipinski definition) is 6. The monoisotopic (exact) mass is 266 g/mol. The van der Waals surface area contributed by atoms with E-state index in [1.165, 1.54) is 4.88 Å². The van der Waals surface area contributed by atoms with Crippen molar-refractivity contribution in [2.45, 2.75) is 13.3 Å². The molecule has 2 aromatic heterocycles. The first-order valence-electron chi connectivity index (χ1n) is 5.93. The maximum Gasteiger partial charge on any atom is 0.227 e. The van der Waals surface area contributed by atoms with Crippen molar-refractivity contribution < 1.29 is 4.74 Å². The maximum absolute atomic E-state index is 5.70. The van der Waals surface area contributed by atoms with Gasteiger partial charge in [0.15, 0.2) is 0 Å². The molecule has 0 aliphatic heterocycles. The number of aryl methyl sites for hydroxylation is 1. The number of nitrogen functional groups attached to an aromatic ring is 1. The van der Waals surface area contributed by atoms with Gasteiger partial charge in [0.05, 0.1) is 5.39 Å². The van der Waals surface area contributed by atoms with E-state index in [0.717, 1.165) is 23.2 Å². The molecule has 0 atom stereocenters. The summed E-state index contributed by atoms with van der Waals surface area (Å²) in [4.78, 5) is 12.7. The molecule has 0 bridgehead atoms. The second-order valence-electron chi connectivity index (χ2n) is 4.32. The molecule has 0 aromatic carbocycles. The fraction of sp³-hybridized carbons (Fsp3) is 0.500. The Bertz CT molecular complexity index is 538. The van der Waals surface area contributed by atoms with Crippen LogP contribution >= 0.6 is 11.3 Å². The molecule has 0 saturated carbocycles. The molecule has 0 unspecified atom stereocenters. The quantitative estimate of drug-likeness (QED) is 0.893. The lowest BCUT2D eigenvalue weighted by atomic mass is 10.3. The fourth-order valence-corrected chi connectivity index (χ4v) is 2.53. The van der Waals surface area contributed by atoms with Crippen LogP contribution in [0.15, 0.2) is 6.07 Å². The first-order chi connectivity index (χ1) is 8.60. The standard InChI is InChI=1S/C12H18N4OS/c1-4-8-7-9-10(17-6-5-16(2)3)14-12(13)15-11(9)18-8/h7H,4-6H2,1-3H3,(H2,13,14,15). The normalized spacial score (nSPS) is 11.3. The highest BCUT2D eigenvalue weighted by Gasteiger charge is 2.11. The number of nitrogens with zero attached hydrogens (tertiary/aromatic N) is 3. The Hall–Kier alpha value is -1.40. The number of thiophene rings is 1. The Balaban J connectivity index is 2.27. The van der Waals surface area contributed by atoms with Crippen LogP contribution in [0.5, 0.6) is 5.88 Å². The van der Waals surface area contributed by atoms with Crippen molar-refractivity contribution >= 4 is 27.5 Å². The van der Waals surface area contributed by atoms with Gasteiger partial charge < -0.3 is 15.4 Å². The van der Waals surface area contributed by atoms with Gasteiger partial charge in [0.1, 0.15) is 11.4 Å². The van der Waals surface area contributed by atoms with Crippen LogP contribution in [0.2, 0.25) is 0 Å². The summed E-state index contributed by atoms with van der Waals surface area (Å²) in [5.74, 6) is 0.863. The smallest absolute Gasteiger partial charge is 0.227 e. The van der Waals surface area contributed by atoms with E-state index < -0.39 is 0 Å². The van der Waals surface area contributed by atoms with E-state index >= 15 is 0 Å². The van der Waals surface area contributed by atoms with Crippen molar-refractivity contribution in [3.63, 3.8) is 0 Å². The fourth-order valence-electron chi connectivity index (χ4n) is 1.57. The zero-order valence-electron chi connectivity index (χ0n) is 10.9. The van der Waals surface area contributed by atoms with Crippen molar-refractivity contribution in [1.29, 1.82) is 0 Å². The van der Waals surface area contributed by atoms with Crippen molar-refractivity contribution in [2.24, 2.45) is 0 Å². The number of hydrogen-bond donors (Lipinski definition) is 1. The molecule has 2 aromatic rings. The molecule has 2 heterocycles. The third kappa shape index (κ3) is 2.88. The van der Waals surface area contributed by atoms with Gasteiger partial charge in [-0.3, -0.25) is 0 Å². The second-order valence-corrected chi connectivity index (χ2v) is 5.44. The number of aromatic nitrogens is 2. The molecular formula is C12H18N4OS. The highest BCUT2D eigenvalue weighted by atomic mass is 32.1. The van der Waals surface area contributed by atoms with E-state index in [2.05, 4.69) is 27.9 Å². The first-order valence-corrected chi connectivity index (χ1v) is 6.75. The second kappa shape index (κ2) is 5.49. The number of ether oxygens (including phenoxy) is 1. The van der Waals surface area contributed by atoms with Crippen LogP contribution in [0, 0.1) is 0 Å². The molecule has 0 aliphatic rings. The average molecular weight is 266 g/mol. The lowest BCUT2D eigenvalue weighted by molar-refractivity contribution is 0.256. The average Bonchev–Trinajstić information content (AvgIpc) is 2.71. The van der Waals surface area contributed by atoms with Gasteiger partial charge in [0, 0.05) is 11.4 Å². The number of anilines is 1. The van der Waals surface area contributed by atoms with Gasteiger partial charge in [0.25, 0.3) is 0 Å². The molecule has 2 N–H and O–H groups in total. The Kier molecular flexibility index (Phi) is 3.98. The lowest BCUT2D eigenvalue weighted by Gasteiger charge is -2.10. The Morgan fingerprint density at radius 1 is 1.39 bits per heavy atom. The third-order valence-corrected chi connectivity index (χ3v) is 3.73. The zero-order valence-corrected chi connectivity index (χ0v) is 11.8. The minimum Gasteiger partial charge on any atom is -0.476 e. The lowest BCUT2D eigenvalue weighted by Crippen LogP contribution is -2.19. The van der Waals surface area contributed by atoms with E-state index in [9.17, 15) is 0 Å². The minimum absolute atomic E-state index is 0.270. The van der Waals surface area contributed by atoms with Gasteiger partial charge in [-0.25, -0.2) is 4.98 Å². The summed E-state index contributed by atoms with van der Waals surface area (Å²) in [6.07, 6.45) is 0.984. The van der Waals surface area contributed by atoms with Crippen LogP contribution in [-0.4, -0.2) is 42.1 Å². The Labute approximate surface area is 111 Å². The molecule has 0 amide bonds. The molecule has 98 valence electrons. The molecule has 18 heavy (non-hydrogen) atoms. The van der Waals surface area contributed by atoms with E-state index in [4.69, 9.17) is 10.5 Å². The molecule has 0 saturated heterocycles. The topological polar surface area (TPSA) is 64.3 Å². The SMILES string of the molecule is CCc1cc2c(OCCN(C)C)nc(N)nc2s1. The summed E-state index contributed by atoms with van der Waals surface area (Å²) in [7, 11) is 4.01. The molecule has 0 fully saturated rings. The van der Waals surface area contributed by atoms with Gasteiger partial charge in [0.2, 0.25) is 11.8 Å². The van der Waals surface area contributed by atoms with Crippen molar-refractivity contribution in [3.8, 4) is 5.88 Å². The molecule has 0 radical (unpaired) electrons. The molecule has 5 nitrogen and oxygen atoms in total. The number of rotatable bonds is 5. The predicted octanol–water partition coefficient (Wildman–Crippen LogP) is 1.78. The molecule has 2 rings (SSSR count). The summed E-state index contributed by atoms with van der Waals surface area (Å²) in [6.45, 7) is 3.56.